The Kier molecular flexibility index (Phi) is 5.59. The average Bonchev–Trinajstić information content (AvgIpc) is 2.84. The molecule has 6 heteroatoms. The Bertz CT molecular complexity index is 572. The molecule has 0 N–H and O–H groups in total. The maximum Gasteiger partial charge on any atom is 0.411 e. The average molecular weight is 337 g/mol. The number of hydrogen-bond donors (Lipinski definition) is 0. The monoisotopic (exact) mass is 337 g/mol. The highest BCUT2D eigenvalue weighted by Crippen LogP contribution is 2.32. The predicted molar refractivity (Wildman–Crippen MR) is 87.3 cm³/mol. The summed E-state index contributed by atoms with van der Waals surface area (Å²) in [6.45, 7) is 5.23. The first-order valence-corrected chi connectivity index (χ1v) is 7.98. The molecule has 1 saturated heterocycles. The van der Waals surface area contributed by atoms with Gasteiger partial charge in [0.25, 0.3) is 0 Å². The van der Waals surface area contributed by atoms with Gasteiger partial charge in [-0.05, 0) is 26.3 Å². The lowest BCUT2D eigenvalue weighted by molar-refractivity contribution is -0.121. The van der Waals surface area contributed by atoms with E-state index in [9.17, 15) is 14.0 Å². The van der Waals surface area contributed by atoms with Crippen LogP contribution >= 0.6 is 0 Å². The summed E-state index contributed by atoms with van der Waals surface area (Å²) in [6.07, 6.45) is -1.45. The Balaban J connectivity index is 2.06. The van der Waals surface area contributed by atoms with E-state index < -0.39 is 23.4 Å². The fourth-order valence-electron chi connectivity index (χ4n) is 2.71. The second-order valence-electron chi connectivity index (χ2n) is 7.09. The van der Waals surface area contributed by atoms with Crippen molar-refractivity contribution in [2.24, 2.45) is 0 Å². The van der Waals surface area contributed by atoms with Crippen molar-refractivity contribution in [1.29, 1.82) is 0 Å². The third kappa shape index (κ3) is 4.54. The van der Waals surface area contributed by atoms with Gasteiger partial charge in [0.2, 0.25) is 0 Å². The first kappa shape index (κ1) is 18.4. The number of benzene rings is 1. The molecule has 2 rings (SSSR count). The fourth-order valence-corrected chi connectivity index (χ4v) is 2.71. The Morgan fingerprint density at radius 1 is 1.38 bits per heavy atom. The maximum atomic E-state index is 13.9. The van der Waals surface area contributed by atoms with Crippen molar-refractivity contribution in [2.45, 2.75) is 51.1 Å². The van der Waals surface area contributed by atoms with Crippen LogP contribution in [0.5, 0.6) is 0 Å². The summed E-state index contributed by atoms with van der Waals surface area (Å²) in [5, 5.41) is 0. The van der Waals surface area contributed by atoms with Gasteiger partial charge in [-0.25, -0.2) is 9.18 Å². The molecule has 0 saturated carbocycles. The van der Waals surface area contributed by atoms with E-state index in [0.29, 0.717) is 6.29 Å². The topological polar surface area (TPSA) is 55.8 Å². The van der Waals surface area contributed by atoms with E-state index >= 15 is 0 Å². The van der Waals surface area contributed by atoms with E-state index in [2.05, 4.69) is 0 Å². The van der Waals surface area contributed by atoms with Crippen LogP contribution in [0.2, 0.25) is 0 Å². The number of aldehydes is 1. The van der Waals surface area contributed by atoms with Crippen molar-refractivity contribution >= 4 is 12.4 Å². The molecular weight excluding hydrogens is 313 g/mol. The van der Waals surface area contributed by atoms with Crippen LogP contribution in [0.25, 0.3) is 0 Å². The summed E-state index contributed by atoms with van der Waals surface area (Å²) in [7, 11) is 0. The Labute approximate surface area is 141 Å². The second kappa shape index (κ2) is 7.30. The normalized spacial score (nSPS) is 24.0. The molecule has 1 heterocycles. The van der Waals surface area contributed by atoms with Crippen LogP contribution in [-0.2, 0) is 20.9 Å². The van der Waals surface area contributed by atoms with Crippen LogP contribution in [0, 0.1) is 0 Å². The van der Waals surface area contributed by atoms with Gasteiger partial charge in [-0.2, -0.15) is 0 Å². The molecule has 1 aromatic carbocycles. The number of nitrogens with zero attached hydrogens (tertiary/aromatic N) is 1. The molecule has 0 aromatic heterocycles. The zero-order chi connectivity index (χ0) is 17.8. The zero-order valence-electron chi connectivity index (χ0n) is 14.3. The van der Waals surface area contributed by atoms with Gasteiger partial charge in [0.1, 0.15) is 23.6 Å². The lowest BCUT2D eigenvalue weighted by Gasteiger charge is -2.34. The van der Waals surface area contributed by atoms with E-state index in [0.717, 1.165) is 10.5 Å². The number of likely N-dealkylation sites (tertiary alicyclic amines) is 1. The maximum absolute atomic E-state index is 13.9. The van der Waals surface area contributed by atoms with E-state index in [1.54, 1.807) is 20.8 Å². The fraction of sp³-hybridized carbons (Fsp3) is 0.556. The molecule has 2 atom stereocenters. The van der Waals surface area contributed by atoms with Crippen LogP contribution < -0.4 is 0 Å². The molecule has 0 radical (unpaired) electrons. The number of alkyl halides is 1. The van der Waals surface area contributed by atoms with E-state index in [1.807, 2.05) is 30.3 Å². The molecule has 1 fully saturated rings. The van der Waals surface area contributed by atoms with Crippen LogP contribution in [0.1, 0.15) is 32.8 Å². The quantitative estimate of drug-likeness (QED) is 0.775. The van der Waals surface area contributed by atoms with Gasteiger partial charge >= 0.3 is 6.09 Å². The molecule has 0 unspecified atom stereocenters. The van der Waals surface area contributed by atoms with Crippen LogP contribution in [0.3, 0.4) is 0 Å². The van der Waals surface area contributed by atoms with Crippen molar-refractivity contribution in [3.63, 3.8) is 0 Å². The van der Waals surface area contributed by atoms with Gasteiger partial charge in [0.15, 0.2) is 0 Å². The van der Waals surface area contributed by atoms with Crippen LogP contribution in [-0.4, -0.2) is 47.7 Å². The summed E-state index contributed by atoms with van der Waals surface area (Å²) < 4.78 is 24.8. The Morgan fingerprint density at radius 3 is 2.62 bits per heavy atom. The zero-order valence-corrected chi connectivity index (χ0v) is 14.3. The van der Waals surface area contributed by atoms with Crippen molar-refractivity contribution in [2.75, 3.05) is 13.2 Å². The standard InChI is InChI=1S/C18H24FNO4/c1-17(2,3)24-16(22)20-10-15(19)9-18(20,12-21)13-23-11-14-7-5-4-6-8-14/h4-8,12,15H,9-11,13H2,1-3H3/t15-,18-/m0/s1. The molecule has 0 spiro atoms. The number of carbonyl (C=O) groups is 2. The number of rotatable bonds is 5. The van der Waals surface area contributed by atoms with E-state index in [1.165, 1.54) is 0 Å². The van der Waals surface area contributed by atoms with Gasteiger partial charge in [0, 0.05) is 6.42 Å². The van der Waals surface area contributed by atoms with Crippen molar-refractivity contribution in [3.05, 3.63) is 35.9 Å². The molecular formula is C18H24FNO4. The van der Waals surface area contributed by atoms with Gasteiger partial charge in [0.05, 0.1) is 19.8 Å². The minimum Gasteiger partial charge on any atom is -0.444 e. The molecule has 1 aromatic rings. The largest absolute Gasteiger partial charge is 0.444 e. The summed E-state index contributed by atoms with van der Waals surface area (Å²) in [5.74, 6) is 0. The molecule has 5 nitrogen and oxygen atoms in total. The summed E-state index contributed by atoms with van der Waals surface area (Å²) >= 11 is 0. The molecule has 1 aliphatic heterocycles. The Morgan fingerprint density at radius 2 is 2.04 bits per heavy atom. The number of amides is 1. The third-order valence-electron chi connectivity index (χ3n) is 3.79. The second-order valence-corrected chi connectivity index (χ2v) is 7.09. The van der Waals surface area contributed by atoms with Crippen LogP contribution in [0.15, 0.2) is 30.3 Å². The molecule has 1 amide bonds. The lowest BCUT2D eigenvalue weighted by Crippen LogP contribution is -2.53. The van der Waals surface area contributed by atoms with Crippen molar-refractivity contribution < 1.29 is 23.5 Å². The smallest absolute Gasteiger partial charge is 0.411 e. The molecule has 1 aliphatic rings. The minimum atomic E-state index is -1.32. The molecule has 0 aliphatic carbocycles. The van der Waals surface area contributed by atoms with Crippen molar-refractivity contribution in [1.82, 2.24) is 4.90 Å². The van der Waals surface area contributed by atoms with Gasteiger partial charge in [-0.15, -0.1) is 0 Å². The van der Waals surface area contributed by atoms with Crippen molar-refractivity contribution in [3.8, 4) is 0 Å². The van der Waals surface area contributed by atoms with E-state index in [-0.39, 0.29) is 26.2 Å². The first-order valence-electron chi connectivity index (χ1n) is 7.98. The highest BCUT2D eigenvalue weighted by molar-refractivity contribution is 5.78. The number of carbonyl (C=O) groups excluding carboxylic acids is 2. The summed E-state index contributed by atoms with van der Waals surface area (Å²) in [4.78, 5) is 25.2. The molecule has 132 valence electrons. The lowest BCUT2D eigenvalue weighted by atomic mass is 9.99. The highest BCUT2D eigenvalue weighted by atomic mass is 19.1. The Hall–Kier alpha value is -1.95. The third-order valence-corrected chi connectivity index (χ3v) is 3.79. The van der Waals surface area contributed by atoms with Gasteiger partial charge in [-0.1, -0.05) is 30.3 Å². The number of hydrogen-bond acceptors (Lipinski definition) is 4. The highest BCUT2D eigenvalue weighted by Gasteiger charge is 2.50. The number of ether oxygens (including phenoxy) is 2. The van der Waals surface area contributed by atoms with E-state index in [4.69, 9.17) is 9.47 Å². The first-order chi connectivity index (χ1) is 11.3. The van der Waals surface area contributed by atoms with Gasteiger partial charge in [-0.3, -0.25) is 4.90 Å². The predicted octanol–water partition coefficient (Wildman–Crippen LogP) is 3.12. The molecule has 24 heavy (non-hydrogen) atoms. The summed E-state index contributed by atoms with van der Waals surface area (Å²) in [6, 6.07) is 9.45. The van der Waals surface area contributed by atoms with Gasteiger partial charge < -0.3 is 14.3 Å². The SMILES string of the molecule is CC(C)(C)OC(=O)N1C[C@@H](F)C[C@]1(C=O)COCc1ccccc1. The minimum absolute atomic E-state index is 0.0644. The van der Waals surface area contributed by atoms with Crippen LogP contribution in [0.4, 0.5) is 9.18 Å². The summed E-state index contributed by atoms with van der Waals surface area (Å²) in [5.41, 5.74) is -1.10. The molecule has 0 bridgehead atoms. The number of halogens is 1.